The highest BCUT2D eigenvalue weighted by molar-refractivity contribution is 5.45. The smallest absolute Gasteiger partial charge is 0.177 e. The van der Waals surface area contributed by atoms with Gasteiger partial charge in [0.05, 0.1) is 12.2 Å². The fraction of sp³-hybridized carbons (Fsp3) is 0.667. The van der Waals surface area contributed by atoms with Crippen LogP contribution in [0.15, 0.2) is 18.5 Å². The molecule has 2 saturated carbocycles. The third-order valence-corrected chi connectivity index (χ3v) is 5.60. The summed E-state index contributed by atoms with van der Waals surface area (Å²) in [6.07, 6.45) is 7.01. The maximum atomic E-state index is 6.28. The lowest BCUT2D eigenvalue weighted by Gasteiger charge is -2.45. The van der Waals surface area contributed by atoms with Crippen LogP contribution in [-0.4, -0.2) is 45.1 Å². The van der Waals surface area contributed by atoms with Crippen molar-refractivity contribution >= 4 is 11.5 Å². The predicted molar refractivity (Wildman–Crippen MR) is 77.1 cm³/mol. The molecule has 0 amide bonds. The number of fused-ring (bicyclic) bond motifs is 4. The molecular weight excluding hydrogens is 266 g/mol. The molecule has 3 aliphatic rings. The second-order valence-electron chi connectivity index (χ2n) is 6.74. The van der Waals surface area contributed by atoms with Crippen LogP contribution in [0.25, 0.3) is 5.65 Å². The molecule has 2 bridgehead atoms. The number of morpholine rings is 1. The van der Waals surface area contributed by atoms with Crippen molar-refractivity contribution in [2.24, 2.45) is 11.8 Å². The summed E-state index contributed by atoms with van der Waals surface area (Å²) in [6.45, 7) is 2.71. The Morgan fingerprint density at radius 1 is 1.29 bits per heavy atom. The van der Waals surface area contributed by atoms with E-state index in [4.69, 9.17) is 4.74 Å². The summed E-state index contributed by atoms with van der Waals surface area (Å²) >= 11 is 0. The maximum absolute atomic E-state index is 6.28. The fourth-order valence-electron chi connectivity index (χ4n) is 4.65. The van der Waals surface area contributed by atoms with E-state index < -0.39 is 0 Å². The monoisotopic (exact) mass is 285 g/mol. The first-order valence-corrected chi connectivity index (χ1v) is 7.88. The van der Waals surface area contributed by atoms with Gasteiger partial charge in [-0.2, -0.15) is 4.52 Å². The lowest BCUT2D eigenvalue weighted by molar-refractivity contribution is -0.0911. The first-order valence-electron chi connectivity index (χ1n) is 7.88. The first-order chi connectivity index (χ1) is 10.3. The number of aromatic nitrogens is 4. The molecular formula is C15H19N5O. The Hall–Kier alpha value is -1.69. The van der Waals surface area contributed by atoms with E-state index in [1.54, 1.807) is 10.8 Å². The van der Waals surface area contributed by atoms with Crippen LogP contribution < -0.4 is 4.90 Å². The van der Waals surface area contributed by atoms with E-state index in [0.717, 1.165) is 43.0 Å². The second kappa shape index (κ2) is 4.16. The van der Waals surface area contributed by atoms with E-state index in [-0.39, 0.29) is 5.60 Å². The summed E-state index contributed by atoms with van der Waals surface area (Å²) in [6, 6.07) is 4.04. The lowest BCUT2D eigenvalue weighted by Crippen LogP contribution is -2.55. The number of hydrogen-bond donors (Lipinski definition) is 0. The predicted octanol–water partition coefficient (Wildman–Crippen LogP) is 1.52. The number of rotatable bonds is 1. The Bertz CT molecular complexity index is 686. The third-order valence-electron chi connectivity index (χ3n) is 5.60. The van der Waals surface area contributed by atoms with Gasteiger partial charge in [0, 0.05) is 13.1 Å². The van der Waals surface area contributed by atoms with Gasteiger partial charge >= 0.3 is 0 Å². The van der Waals surface area contributed by atoms with Crippen molar-refractivity contribution in [2.75, 3.05) is 24.6 Å². The van der Waals surface area contributed by atoms with Crippen molar-refractivity contribution in [2.45, 2.75) is 31.3 Å². The van der Waals surface area contributed by atoms with Crippen molar-refractivity contribution in [3.63, 3.8) is 0 Å². The standard InChI is InChI=1S/C15H19N5O/c1-2-12-7-11(1)8-15(12)9-19(5-6-21-15)14-4-3-13-17-16-10-20(13)18-14/h3-4,10-12H,1-2,5-9H2/t11-,12-,15+/m0/s1. The van der Waals surface area contributed by atoms with Crippen LogP contribution in [0.5, 0.6) is 0 Å². The molecule has 5 rings (SSSR count). The van der Waals surface area contributed by atoms with Gasteiger partial charge in [-0.1, -0.05) is 0 Å². The molecule has 6 nitrogen and oxygen atoms in total. The molecule has 1 saturated heterocycles. The molecule has 6 heteroatoms. The molecule has 2 aliphatic carbocycles. The lowest BCUT2D eigenvalue weighted by atomic mass is 9.82. The minimum absolute atomic E-state index is 0.0883. The molecule has 1 spiro atoms. The minimum atomic E-state index is 0.0883. The largest absolute Gasteiger partial charge is 0.371 e. The van der Waals surface area contributed by atoms with E-state index in [9.17, 15) is 0 Å². The molecule has 110 valence electrons. The summed E-state index contributed by atoms with van der Waals surface area (Å²) in [7, 11) is 0. The highest BCUT2D eigenvalue weighted by Crippen LogP contribution is 2.53. The summed E-state index contributed by atoms with van der Waals surface area (Å²) in [5.41, 5.74) is 0.881. The van der Waals surface area contributed by atoms with Gasteiger partial charge in [0.15, 0.2) is 5.65 Å². The Kier molecular flexibility index (Phi) is 2.36. The average molecular weight is 285 g/mol. The summed E-state index contributed by atoms with van der Waals surface area (Å²) < 4.78 is 8.03. The highest BCUT2D eigenvalue weighted by Gasteiger charge is 2.53. The van der Waals surface area contributed by atoms with Crippen LogP contribution in [0.3, 0.4) is 0 Å². The summed E-state index contributed by atoms with van der Waals surface area (Å²) in [5, 5.41) is 12.5. The van der Waals surface area contributed by atoms with Crippen molar-refractivity contribution < 1.29 is 4.74 Å². The van der Waals surface area contributed by atoms with Crippen LogP contribution >= 0.6 is 0 Å². The van der Waals surface area contributed by atoms with E-state index in [0.29, 0.717) is 0 Å². The Balaban J connectivity index is 1.46. The zero-order chi connectivity index (χ0) is 13.9. The SMILES string of the molecule is c1cc2nncn2nc1N1CCO[C@]2(C[C@H]3CC[C@H]2C3)C1. The zero-order valence-corrected chi connectivity index (χ0v) is 12.0. The minimum Gasteiger partial charge on any atom is -0.371 e. The Morgan fingerprint density at radius 2 is 2.29 bits per heavy atom. The number of hydrogen-bond acceptors (Lipinski definition) is 5. The molecule has 21 heavy (non-hydrogen) atoms. The topological polar surface area (TPSA) is 55.5 Å². The van der Waals surface area contributed by atoms with Crippen LogP contribution in [0.4, 0.5) is 5.82 Å². The van der Waals surface area contributed by atoms with E-state index in [1.165, 1.54) is 25.7 Å². The van der Waals surface area contributed by atoms with E-state index in [2.05, 4.69) is 26.3 Å². The van der Waals surface area contributed by atoms with Gasteiger partial charge in [-0.05, 0) is 49.7 Å². The summed E-state index contributed by atoms with van der Waals surface area (Å²) in [5.74, 6) is 2.65. The molecule has 1 aliphatic heterocycles. The van der Waals surface area contributed by atoms with Crippen LogP contribution in [0, 0.1) is 11.8 Å². The highest BCUT2D eigenvalue weighted by atomic mass is 16.5. The van der Waals surface area contributed by atoms with Gasteiger partial charge in [0.25, 0.3) is 0 Å². The van der Waals surface area contributed by atoms with Gasteiger partial charge in [0.1, 0.15) is 12.1 Å². The molecule has 0 unspecified atom stereocenters. The van der Waals surface area contributed by atoms with Gasteiger partial charge in [0.2, 0.25) is 0 Å². The van der Waals surface area contributed by atoms with Crippen LogP contribution in [-0.2, 0) is 4.74 Å². The van der Waals surface area contributed by atoms with Gasteiger partial charge in [-0.25, -0.2) is 0 Å². The summed E-state index contributed by atoms with van der Waals surface area (Å²) in [4.78, 5) is 2.38. The van der Waals surface area contributed by atoms with E-state index in [1.807, 2.05) is 6.07 Å². The number of nitrogens with zero attached hydrogens (tertiary/aromatic N) is 5. The van der Waals surface area contributed by atoms with Crippen molar-refractivity contribution in [3.05, 3.63) is 18.5 Å². The average Bonchev–Trinajstić information content (AvgIpc) is 3.21. The molecule has 2 aromatic heterocycles. The molecule has 0 N–H and O–H groups in total. The molecule has 2 aromatic rings. The quantitative estimate of drug-likeness (QED) is 0.795. The molecule has 0 aromatic carbocycles. The fourth-order valence-corrected chi connectivity index (χ4v) is 4.65. The molecule has 3 atom stereocenters. The number of ether oxygens (including phenoxy) is 1. The molecule has 3 fully saturated rings. The molecule has 0 radical (unpaired) electrons. The molecule has 3 heterocycles. The zero-order valence-electron chi connectivity index (χ0n) is 12.0. The van der Waals surface area contributed by atoms with Crippen molar-refractivity contribution in [3.8, 4) is 0 Å². The van der Waals surface area contributed by atoms with Gasteiger partial charge in [-0.15, -0.1) is 15.3 Å². The van der Waals surface area contributed by atoms with Crippen LogP contribution in [0.1, 0.15) is 25.7 Å². The van der Waals surface area contributed by atoms with Crippen LogP contribution in [0.2, 0.25) is 0 Å². The third kappa shape index (κ3) is 1.71. The van der Waals surface area contributed by atoms with Gasteiger partial charge < -0.3 is 9.64 Å². The van der Waals surface area contributed by atoms with Crippen molar-refractivity contribution in [1.82, 2.24) is 19.8 Å². The Morgan fingerprint density at radius 3 is 3.14 bits per heavy atom. The number of anilines is 1. The second-order valence-corrected chi connectivity index (χ2v) is 6.74. The first kappa shape index (κ1) is 11.9. The maximum Gasteiger partial charge on any atom is 0.177 e. The van der Waals surface area contributed by atoms with Crippen molar-refractivity contribution in [1.29, 1.82) is 0 Å². The van der Waals surface area contributed by atoms with Gasteiger partial charge in [-0.3, -0.25) is 0 Å². The Labute approximate surface area is 123 Å². The normalized spacial score (nSPS) is 35.1. The van der Waals surface area contributed by atoms with E-state index >= 15 is 0 Å².